The summed E-state index contributed by atoms with van der Waals surface area (Å²) in [5.41, 5.74) is 2.24. The second-order valence-corrected chi connectivity index (χ2v) is 5.43. The Morgan fingerprint density at radius 2 is 1.96 bits per heavy atom. The third kappa shape index (κ3) is 3.18. The van der Waals surface area contributed by atoms with E-state index in [1.807, 2.05) is 24.3 Å². The van der Waals surface area contributed by atoms with Gasteiger partial charge in [0.2, 0.25) is 0 Å². The third-order valence-corrected chi connectivity index (χ3v) is 4.02. The fourth-order valence-electron chi connectivity index (χ4n) is 2.72. The minimum Gasteiger partial charge on any atom is -0.497 e. The fraction of sp³-hybridized carbons (Fsp3) is 0.222. The van der Waals surface area contributed by atoms with Gasteiger partial charge in [0.1, 0.15) is 5.75 Å². The second kappa shape index (κ2) is 6.52. The molecule has 118 valence electrons. The lowest BCUT2D eigenvalue weighted by atomic mass is 9.90. The molecule has 0 aromatic heterocycles. The van der Waals surface area contributed by atoms with E-state index >= 15 is 0 Å². The van der Waals surface area contributed by atoms with E-state index in [1.54, 1.807) is 31.4 Å². The lowest BCUT2D eigenvalue weighted by Gasteiger charge is -2.25. The number of amides is 2. The summed E-state index contributed by atoms with van der Waals surface area (Å²) in [6.07, 6.45) is 0. The number of benzene rings is 2. The number of ether oxygens (including phenoxy) is 1. The van der Waals surface area contributed by atoms with Crippen LogP contribution in [0.25, 0.3) is 0 Å². The van der Waals surface area contributed by atoms with Gasteiger partial charge in [0.15, 0.2) is 0 Å². The smallest absolute Gasteiger partial charge is 0.251 e. The van der Waals surface area contributed by atoms with E-state index in [2.05, 4.69) is 10.6 Å². The first-order valence-electron chi connectivity index (χ1n) is 7.48. The van der Waals surface area contributed by atoms with Crippen LogP contribution in [0.4, 0.5) is 0 Å². The largest absolute Gasteiger partial charge is 0.497 e. The number of carbonyl (C=O) groups is 2. The quantitative estimate of drug-likeness (QED) is 0.907. The molecule has 0 bridgehead atoms. The summed E-state index contributed by atoms with van der Waals surface area (Å²) in [5.74, 6) is 0.594. The maximum absolute atomic E-state index is 12.2. The van der Waals surface area contributed by atoms with Gasteiger partial charge in [-0.1, -0.05) is 18.2 Å². The first-order valence-corrected chi connectivity index (χ1v) is 7.48. The Kier molecular flexibility index (Phi) is 4.28. The van der Waals surface area contributed by atoms with Gasteiger partial charge in [0.25, 0.3) is 11.8 Å². The summed E-state index contributed by atoms with van der Waals surface area (Å²) in [5, 5.41) is 5.79. The van der Waals surface area contributed by atoms with Crippen LogP contribution in [-0.2, 0) is 0 Å². The molecule has 1 unspecified atom stereocenters. The number of nitrogens with one attached hydrogen (secondary N) is 2. The predicted molar refractivity (Wildman–Crippen MR) is 86.8 cm³/mol. The summed E-state index contributed by atoms with van der Waals surface area (Å²) in [6, 6.07) is 14.5. The molecule has 5 nitrogen and oxygen atoms in total. The summed E-state index contributed by atoms with van der Waals surface area (Å²) in [7, 11) is 1.59. The van der Waals surface area contributed by atoms with Crippen molar-refractivity contribution in [3.63, 3.8) is 0 Å². The molecule has 0 radical (unpaired) electrons. The highest BCUT2D eigenvalue weighted by Crippen LogP contribution is 2.23. The first kappa shape index (κ1) is 15.1. The van der Waals surface area contributed by atoms with E-state index < -0.39 is 0 Å². The highest BCUT2D eigenvalue weighted by atomic mass is 16.5. The SMILES string of the molecule is COc1ccc(C(=O)NCC2CNC(=O)c3ccccc32)cc1. The van der Waals surface area contributed by atoms with Gasteiger partial charge < -0.3 is 15.4 Å². The number of rotatable bonds is 4. The van der Waals surface area contributed by atoms with Gasteiger partial charge in [-0.25, -0.2) is 0 Å². The molecular weight excluding hydrogens is 292 g/mol. The Morgan fingerprint density at radius 1 is 1.22 bits per heavy atom. The molecular formula is C18H18N2O3. The van der Waals surface area contributed by atoms with Crippen molar-refractivity contribution < 1.29 is 14.3 Å². The van der Waals surface area contributed by atoms with Crippen LogP contribution in [0.3, 0.4) is 0 Å². The second-order valence-electron chi connectivity index (χ2n) is 5.43. The zero-order valence-electron chi connectivity index (χ0n) is 12.8. The molecule has 1 aliphatic rings. The lowest BCUT2D eigenvalue weighted by molar-refractivity contribution is 0.0936. The Hall–Kier alpha value is -2.82. The van der Waals surface area contributed by atoms with Crippen molar-refractivity contribution in [3.8, 4) is 5.75 Å². The first-order chi connectivity index (χ1) is 11.2. The standard InChI is InChI=1S/C18H18N2O3/c1-23-14-8-6-12(7-9-14)17(21)19-10-13-11-20-18(22)16-5-3-2-4-15(13)16/h2-9,13H,10-11H2,1H3,(H,19,21)(H,20,22). The highest BCUT2D eigenvalue weighted by molar-refractivity contribution is 5.97. The molecule has 2 N–H and O–H groups in total. The maximum atomic E-state index is 12.2. The van der Waals surface area contributed by atoms with E-state index in [9.17, 15) is 9.59 Å². The van der Waals surface area contributed by atoms with Crippen molar-refractivity contribution in [1.82, 2.24) is 10.6 Å². The van der Waals surface area contributed by atoms with Crippen molar-refractivity contribution in [2.75, 3.05) is 20.2 Å². The number of hydrogen-bond acceptors (Lipinski definition) is 3. The number of methoxy groups -OCH3 is 1. The van der Waals surface area contributed by atoms with Crippen LogP contribution >= 0.6 is 0 Å². The van der Waals surface area contributed by atoms with Crippen molar-refractivity contribution in [1.29, 1.82) is 0 Å². The van der Waals surface area contributed by atoms with Gasteiger partial charge >= 0.3 is 0 Å². The van der Waals surface area contributed by atoms with Crippen molar-refractivity contribution in [3.05, 3.63) is 65.2 Å². The molecule has 0 spiro atoms. The molecule has 0 saturated carbocycles. The van der Waals surface area contributed by atoms with Crippen molar-refractivity contribution in [2.24, 2.45) is 0 Å². The molecule has 1 heterocycles. The summed E-state index contributed by atoms with van der Waals surface area (Å²) < 4.78 is 5.08. The van der Waals surface area contributed by atoms with Crippen molar-refractivity contribution >= 4 is 11.8 Å². The molecule has 1 aliphatic heterocycles. The Labute approximate surface area is 134 Å². The minimum atomic E-state index is -0.137. The zero-order valence-corrected chi connectivity index (χ0v) is 12.8. The Bertz CT molecular complexity index is 725. The number of carbonyl (C=O) groups excluding carboxylic acids is 2. The van der Waals surface area contributed by atoms with E-state index in [-0.39, 0.29) is 17.7 Å². The summed E-state index contributed by atoms with van der Waals surface area (Å²) >= 11 is 0. The molecule has 2 amide bonds. The monoisotopic (exact) mass is 310 g/mol. The molecule has 0 aliphatic carbocycles. The highest BCUT2D eigenvalue weighted by Gasteiger charge is 2.25. The van der Waals surface area contributed by atoms with E-state index in [4.69, 9.17) is 4.74 Å². The molecule has 0 saturated heterocycles. The Morgan fingerprint density at radius 3 is 2.70 bits per heavy atom. The summed E-state index contributed by atoms with van der Waals surface area (Å²) in [6.45, 7) is 1.00. The normalized spacial score (nSPS) is 16.2. The molecule has 5 heteroatoms. The van der Waals surface area contributed by atoms with Crippen LogP contribution in [0.15, 0.2) is 48.5 Å². The van der Waals surface area contributed by atoms with Crippen molar-refractivity contribution in [2.45, 2.75) is 5.92 Å². The zero-order chi connectivity index (χ0) is 16.2. The number of fused-ring (bicyclic) bond motifs is 1. The van der Waals surface area contributed by atoms with Gasteiger partial charge in [-0.15, -0.1) is 0 Å². The molecule has 3 rings (SSSR count). The van der Waals surface area contributed by atoms with Gasteiger partial charge in [0, 0.05) is 30.1 Å². The van der Waals surface area contributed by atoms with E-state index in [0.717, 1.165) is 5.56 Å². The van der Waals surface area contributed by atoms with Crippen LogP contribution < -0.4 is 15.4 Å². The van der Waals surface area contributed by atoms with Gasteiger partial charge in [0.05, 0.1) is 7.11 Å². The van der Waals surface area contributed by atoms with Crippen LogP contribution in [-0.4, -0.2) is 32.0 Å². The minimum absolute atomic E-state index is 0.0571. The average Bonchev–Trinajstić information content (AvgIpc) is 2.61. The van der Waals surface area contributed by atoms with Crippen LogP contribution in [0, 0.1) is 0 Å². The molecule has 0 fully saturated rings. The van der Waals surface area contributed by atoms with E-state index in [0.29, 0.717) is 30.0 Å². The van der Waals surface area contributed by atoms with Gasteiger partial charge in [-0.2, -0.15) is 0 Å². The number of hydrogen-bond donors (Lipinski definition) is 2. The van der Waals surface area contributed by atoms with Crippen LogP contribution in [0.1, 0.15) is 32.2 Å². The van der Waals surface area contributed by atoms with Crippen LogP contribution in [0.2, 0.25) is 0 Å². The molecule has 1 atom stereocenters. The fourth-order valence-corrected chi connectivity index (χ4v) is 2.72. The third-order valence-electron chi connectivity index (χ3n) is 4.02. The lowest BCUT2D eigenvalue weighted by Crippen LogP contribution is -2.40. The Balaban J connectivity index is 1.67. The molecule has 2 aromatic rings. The molecule has 23 heavy (non-hydrogen) atoms. The van der Waals surface area contributed by atoms with Gasteiger partial charge in [-0.3, -0.25) is 9.59 Å². The van der Waals surface area contributed by atoms with Gasteiger partial charge in [-0.05, 0) is 35.9 Å². The van der Waals surface area contributed by atoms with E-state index in [1.165, 1.54) is 0 Å². The predicted octanol–water partition coefficient (Wildman–Crippen LogP) is 1.95. The topological polar surface area (TPSA) is 67.4 Å². The average molecular weight is 310 g/mol. The molecule has 2 aromatic carbocycles. The maximum Gasteiger partial charge on any atom is 0.251 e. The van der Waals surface area contributed by atoms with Crippen LogP contribution in [0.5, 0.6) is 5.75 Å². The summed E-state index contributed by atoms with van der Waals surface area (Å²) in [4.78, 5) is 24.1.